The predicted molar refractivity (Wildman–Crippen MR) is 126 cm³/mol. The van der Waals surface area contributed by atoms with Crippen LogP contribution in [0.2, 0.25) is 0 Å². The molecule has 6 N–H and O–H groups in total. The Kier molecular flexibility index (Phi) is 10.1. The molecule has 7 atom stereocenters. The molecule has 0 bridgehead atoms. The maximum Gasteiger partial charge on any atom is 0.337 e. The van der Waals surface area contributed by atoms with Gasteiger partial charge in [0, 0.05) is 17.9 Å². The molecule has 1 fully saturated rings. The smallest absolute Gasteiger partial charge is 0.337 e. The molecule has 0 amide bonds. The number of aromatic hydroxyl groups is 2. The molecule has 0 aliphatic carbocycles. The van der Waals surface area contributed by atoms with Crippen LogP contribution in [-0.4, -0.2) is 99.9 Å². The van der Waals surface area contributed by atoms with Crippen LogP contribution < -0.4 is 0 Å². The Morgan fingerprint density at radius 3 is 2.45 bits per heavy atom. The fourth-order valence-electron chi connectivity index (χ4n) is 4.16. The van der Waals surface area contributed by atoms with E-state index in [-0.39, 0.29) is 36.5 Å². The SMILES string of the molecule is C/C=C1/C(O[C@@H]2O[C@H](CO)[C@@H](O)[C@H](O)[C@H]2O)OC=C(C(=O)OC)C1CC(=O)OCCc1ccc(O)c(O)c1. The lowest BCUT2D eigenvalue weighted by Crippen LogP contribution is -2.60. The van der Waals surface area contributed by atoms with Crippen LogP contribution in [0.25, 0.3) is 0 Å². The summed E-state index contributed by atoms with van der Waals surface area (Å²) in [5.74, 6) is -2.89. The summed E-state index contributed by atoms with van der Waals surface area (Å²) < 4.78 is 26.7. The van der Waals surface area contributed by atoms with Gasteiger partial charge in [0.2, 0.25) is 6.29 Å². The highest BCUT2D eigenvalue weighted by Gasteiger charge is 2.46. The van der Waals surface area contributed by atoms with E-state index in [1.807, 2.05) is 0 Å². The van der Waals surface area contributed by atoms with Crippen molar-refractivity contribution in [2.75, 3.05) is 20.3 Å². The molecule has 2 heterocycles. The van der Waals surface area contributed by atoms with Crippen molar-refractivity contribution in [1.82, 2.24) is 0 Å². The first-order valence-electron chi connectivity index (χ1n) is 11.8. The number of allylic oxidation sites excluding steroid dienone is 1. The molecule has 2 aliphatic rings. The number of methoxy groups -OCH3 is 1. The summed E-state index contributed by atoms with van der Waals surface area (Å²) in [6.07, 6.45) is -6.39. The molecule has 0 radical (unpaired) electrons. The molecule has 2 aliphatic heterocycles. The summed E-state index contributed by atoms with van der Waals surface area (Å²) in [6.45, 7) is 0.912. The quantitative estimate of drug-likeness (QED) is 0.131. The fourth-order valence-corrected chi connectivity index (χ4v) is 4.16. The molecule has 1 aromatic carbocycles. The zero-order valence-corrected chi connectivity index (χ0v) is 20.8. The molecule has 1 aromatic rings. The van der Waals surface area contributed by atoms with Gasteiger partial charge >= 0.3 is 11.9 Å². The van der Waals surface area contributed by atoms with E-state index in [1.54, 1.807) is 19.1 Å². The van der Waals surface area contributed by atoms with Gasteiger partial charge in [0.1, 0.15) is 24.4 Å². The van der Waals surface area contributed by atoms with Gasteiger partial charge in [0.25, 0.3) is 0 Å². The van der Waals surface area contributed by atoms with Crippen molar-refractivity contribution in [3.8, 4) is 11.5 Å². The van der Waals surface area contributed by atoms with E-state index in [0.717, 1.165) is 13.4 Å². The van der Waals surface area contributed by atoms with Crippen molar-refractivity contribution in [1.29, 1.82) is 0 Å². The van der Waals surface area contributed by atoms with E-state index in [0.29, 0.717) is 11.1 Å². The van der Waals surface area contributed by atoms with Crippen molar-refractivity contribution in [3.63, 3.8) is 0 Å². The summed E-state index contributed by atoms with van der Waals surface area (Å²) in [4.78, 5) is 25.1. The Morgan fingerprint density at radius 2 is 1.82 bits per heavy atom. The van der Waals surface area contributed by atoms with E-state index in [1.165, 1.54) is 12.1 Å². The van der Waals surface area contributed by atoms with Crippen LogP contribution in [0.3, 0.4) is 0 Å². The van der Waals surface area contributed by atoms with Crippen molar-refractivity contribution in [2.45, 2.75) is 56.8 Å². The van der Waals surface area contributed by atoms with Gasteiger partial charge in [-0.25, -0.2) is 4.79 Å². The summed E-state index contributed by atoms with van der Waals surface area (Å²) in [6, 6.07) is 4.23. The predicted octanol–water partition coefficient (Wildman–Crippen LogP) is -0.634. The second-order valence-corrected chi connectivity index (χ2v) is 8.71. The van der Waals surface area contributed by atoms with Crippen molar-refractivity contribution >= 4 is 11.9 Å². The summed E-state index contributed by atoms with van der Waals surface area (Å²) >= 11 is 0. The molecule has 0 aromatic heterocycles. The maximum absolute atomic E-state index is 12.7. The third-order valence-electron chi connectivity index (χ3n) is 6.29. The Balaban J connectivity index is 1.71. The molecule has 13 nitrogen and oxygen atoms in total. The highest BCUT2D eigenvalue weighted by molar-refractivity contribution is 5.90. The number of phenolic OH excluding ortho intramolecular Hbond substituents is 2. The summed E-state index contributed by atoms with van der Waals surface area (Å²) in [7, 11) is 1.16. The standard InChI is InChI=1S/C25H32O13/c1-3-13-14(9-19(29)35-7-6-12-4-5-16(27)17(28)8-12)15(23(33)34-2)11-36-24(13)38-25-22(32)21(31)20(30)18(10-26)37-25/h3-5,8,11,14,18,20-22,24-28,30-32H,6-7,9-10H2,1-2H3/b13-3+/t14?,18-,20-,21+,22-,24?,25+/m1/s1. The van der Waals surface area contributed by atoms with Gasteiger partial charge in [0.15, 0.2) is 17.8 Å². The van der Waals surface area contributed by atoms with Crippen LogP contribution in [0.1, 0.15) is 18.9 Å². The molecule has 13 heteroatoms. The first-order chi connectivity index (χ1) is 18.1. The van der Waals surface area contributed by atoms with Crippen LogP contribution in [0.5, 0.6) is 11.5 Å². The van der Waals surface area contributed by atoms with Crippen molar-refractivity contribution < 1.29 is 63.9 Å². The monoisotopic (exact) mass is 540 g/mol. The number of aliphatic hydroxyl groups excluding tert-OH is 4. The second kappa shape index (κ2) is 13.0. The van der Waals surface area contributed by atoms with Crippen LogP contribution >= 0.6 is 0 Å². The Labute approximate surface area is 218 Å². The average molecular weight is 541 g/mol. The molecule has 3 rings (SSSR count). The van der Waals surface area contributed by atoms with Gasteiger partial charge < -0.3 is 54.3 Å². The molecule has 0 spiro atoms. The number of esters is 2. The number of rotatable bonds is 9. The summed E-state index contributed by atoms with van der Waals surface area (Å²) in [5.41, 5.74) is 0.927. The number of hydrogen-bond acceptors (Lipinski definition) is 13. The van der Waals surface area contributed by atoms with Gasteiger partial charge in [-0.3, -0.25) is 4.79 Å². The summed E-state index contributed by atoms with van der Waals surface area (Å²) in [5, 5.41) is 58.8. The Morgan fingerprint density at radius 1 is 1.08 bits per heavy atom. The number of carbonyl (C=O) groups is 2. The van der Waals surface area contributed by atoms with Crippen LogP contribution in [0.4, 0.5) is 0 Å². The molecular formula is C25H32O13. The number of ether oxygens (including phenoxy) is 5. The molecule has 210 valence electrons. The largest absolute Gasteiger partial charge is 0.504 e. The van der Waals surface area contributed by atoms with Gasteiger partial charge in [-0.05, 0) is 24.6 Å². The lowest BCUT2D eigenvalue weighted by molar-refractivity contribution is -0.327. The zero-order chi connectivity index (χ0) is 28.0. The van der Waals surface area contributed by atoms with E-state index >= 15 is 0 Å². The van der Waals surface area contributed by atoms with Gasteiger partial charge in [-0.1, -0.05) is 12.1 Å². The number of phenols is 2. The Hall–Kier alpha value is -3.20. The fraction of sp³-hybridized carbons (Fsp3) is 0.520. The van der Waals surface area contributed by atoms with Crippen LogP contribution in [0.15, 0.2) is 41.7 Å². The highest BCUT2D eigenvalue weighted by Crippen LogP contribution is 2.36. The normalized spacial score (nSPS) is 30.3. The number of hydrogen-bond donors (Lipinski definition) is 6. The lowest BCUT2D eigenvalue weighted by atomic mass is 9.86. The number of aliphatic hydroxyl groups is 4. The van der Waals surface area contributed by atoms with E-state index in [9.17, 15) is 40.2 Å². The van der Waals surface area contributed by atoms with E-state index in [4.69, 9.17) is 23.7 Å². The third-order valence-corrected chi connectivity index (χ3v) is 6.29. The lowest BCUT2D eigenvalue weighted by Gasteiger charge is -2.41. The average Bonchev–Trinajstić information content (AvgIpc) is 2.90. The van der Waals surface area contributed by atoms with Crippen molar-refractivity contribution in [3.05, 3.63) is 47.2 Å². The second-order valence-electron chi connectivity index (χ2n) is 8.71. The molecular weight excluding hydrogens is 508 g/mol. The number of benzene rings is 1. The minimum absolute atomic E-state index is 0.00894. The first-order valence-corrected chi connectivity index (χ1v) is 11.8. The van der Waals surface area contributed by atoms with Gasteiger partial charge in [-0.2, -0.15) is 0 Å². The minimum Gasteiger partial charge on any atom is -0.504 e. The van der Waals surface area contributed by atoms with E-state index in [2.05, 4.69) is 0 Å². The minimum atomic E-state index is -1.69. The van der Waals surface area contributed by atoms with Crippen LogP contribution in [0, 0.1) is 5.92 Å². The zero-order valence-electron chi connectivity index (χ0n) is 20.8. The molecule has 0 saturated carbocycles. The van der Waals surface area contributed by atoms with Gasteiger partial charge in [-0.15, -0.1) is 0 Å². The van der Waals surface area contributed by atoms with Crippen LogP contribution in [-0.2, 0) is 39.7 Å². The van der Waals surface area contributed by atoms with Gasteiger partial charge in [0.05, 0.1) is 38.6 Å². The highest BCUT2D eigenvalue weighted by atomic mass is 16.8. The number of carbonyl (C=O) groups excluding carboxylic acids is 2. The van der Waals surface area contributed by atoms with Crippen molar-refractivity contribution in [2.24, 2.45) is 5.92 Å². The Bertz CT molecular complexity index is 1050. The molecule has 2 unspecified atom stereocenters. The maximum atomic E-state index is 12.7. The molecule has 38 heavy (non-hydrogen) atoms. The third kappa shape index (κ3) is 6.62. The van der Waals surface area contributed by atoms with E-state index < -0.39 is 61.5 Å². The topological polar surface area (TPSA) is 202 Å². The molecule has 1 saturated heterocycles. The first kappa shape index (κ1) is 29.4.